The lowest BCUT2D eigenvalue weighted by Crippen LogP contribution is -2.29. The molecule has 0 aliphatic rings. The van der Waals surface area contributed by atoms with E-state index in [-0.39, 0.29) is 5.91 Å². The zero-order valence-electron chi connectivity index (χ0n) is 5.72. The van der Waals surface area contributed by atoms with Crippen molar-refractivity contribution < 1.29 is 4.79 Å². The molecule has 0 bridgehead atoms. The molecule has 0 spiro atoms. The Labute approximate surface area is 76.1 Å². The molecule has 0 radical (unpaired) electrons. The molecule has 0 aliphatic carbocycles. The Morgan fingerprint density at radius 3 is 2.82 bits per heavy atom. The summed E-state index contributed by atoms with van der Waals surface area (Å²) in [7, 11) is 0. The minimum Gasteiger partial charge on any atom is -0.289 e. The quantitative estimate of drug-likeness (QED) is 0.431. The number of halogens is 1. The number of hydrogen-bond donors (Lipinski definition) is 2. The van der Waals surface area contributed by atoms with E-state index in [2.05, 4.69) is 20.3 Å². The van der Waals surface area contributed by atoms with Gasteiger partial charge in [0.15, 0.2) is 0 Å². The molecule has 4 nitrogen and oxygen atoms in total. The number of nitrogens with two attached hydrogens (primary N) is 1. The normalized spacial score (nSPS) is 9.73. The molecule has 1 amide bonds. The first-order valence-corrected chi connectivity index (χ1v) is 4.36. The number of carbonyl (C=O) groups excluding carboxylic acids is 1. The van der Waals surface area contributed by atoms with E-state index in [0.29, 0.717) is 9.35 Å². The van der Waals surface area contributed by atoms with Gasteiger partial charge in [0, 0.05) is 0 Å². The highest BCUT2D eigenvalue weighted by Crippen LogP contribution is 2.23. The Kier molecular flexibility index (Phi) is 2.58. The van der Waals surface area contributed by atoms with Gasteiger partial charge in [-0.25, -0.2) is 5.84 Å². The van der Waals surface area contributed by atoms with E-state index < -0.39 is 0 Å². The van der Waals surface area contributed by atoms with E-state index in [1.807, 2.05) is 12.3 Å². The molecule has 1 rings (SSSR count). The first kappa shape index (κ1) is 8.63. The van der Waals surface area contributed by atoms with Gasteiger partial charge in [0.1, 0.15) is 4.88 Å². The van der Waals surface area contributed by atoms with Crippen LogP contribution in [0, 0.1) is 6.92 Å². The van der Waals surface area contributed by atoms with Crippen LogP contribution in [0.5, 0.6) is 0 Å². The van der Waals surface area contributed by atoms with Gasteiger partial charge in [-0.3, -0.25) is 10.2 Å². The fourth-order valence-electron chi connectivity index (χ4n) is 0.565. The largest absolute Gasteiger partial charge is 0.289 e. The van der Waals surface area contributed by atoms with E-state index in [1.54, 1.807) is 0 Å². The maximum Gasteiger partial charge on any atom is 0.278 e. The van der Waals surface area contributed by atoms with Crippen LogP contribution in [0.2, 0.25) is 0 Å². The van der Waals surface area contributed by atoms with Crippen molar-refractivity contribution in [2.24, 2.45) is 5.84 Å². The predicted octanol–water partition coefficient (Wildman–Crippen LogP) is 0.818. The van der Waals surface area contributed by atoms with Gasteiger partial charge in [-0.05, 0) is 34.4 Å². The third-order valence-corrected chi connectivity index (χ3v) is 3.30. The second kappa shape index (κ2) is 3.29. The van der Waals surface area contributed by atoms with Gasteiger partial charge in [-0.15, -0.1) is 0 Å². The van der Waals surface area contributed by atoms with Crippen molar-refractivity contribution in [1.29, 1.82) is 0 Å². The number of aryl methyl sites for hydroxylation is 1. The molecule has 0 saturated heterocycles. The van der Waals surface area contributed by atoms with Gasteiger partial charge in [0.25, 0.3) is 5.91 Å². The summed E-state index contributed by atoms with van der Waals surface area (Å²) in [6.45, 7) is 1.81. The number of rotatable bonds is 1. The SMILES string of the molecule is Cc1nsc(C(=O)NN)c1Br. The van der Waals surface area contributed by atoms with Crippen molar-refractivity contribution in [1.82, 2.24) is 9.80 Å². The molecule has 6 heteroatoms. The van der Waals surface area contributed by atoms with Crippen LogP contribution in [-0.4, -0.2) is 10.3 Å². The molecular formula is C5H6BrN3OS. The van der Waals surface area contributed by atoms with E-state index >= 15 is 0 Å². The third kappa shape index (κ3) is 1.58. The van der Waals surface area contributed by atoms with Crippen LogP contribution in [0.15, 0.2) is 4.47 Å². The lowest BCUT2D eigenvalue weighted by Gasteiger charge is -1.93. The number of hydrogen-bond acceptors (Lipinski definition) is 4. The molecule has 0 atom stereocenters. The first-order chi connectivity index (χ1) is 5.16. The number of nitrogens with zero attached hydrogens (tertiary/aromatic N) is 1. The second-order valence-electron chi connectivity index (χ2n) is 1.88. The summed E-state index contributed by atoms with van der Waals surface area (Å²) in [5, 5.41) is 0. The number of amides is 1. The van der Waals surface area contributed by atoms with Crippen LogP contribution in [0.4, 0.5) is 0 Å². The van der Waals surface area contributed by atoms with Crippen LogP contribution in [0.3, 0.4) is 0 Å². The van der Waals surface area contributed by atoms with E-state index in [9.17, 15) is 4.79 Å². The summed E-state index contributed by atoms with van der Waals surface area (Å²) in [6, 6.07) is 0. The highest BCUT2D eigenvalue weighted by atomic mass is 79.9. The second-order valence-corrected chi connectivity index (χ2v) is 3.45. The molecule has 0 aliphatic heterocycles. The molecule has 0 aromatic carbocycles. The molecule has 3 N–H and O–H groups in total. The van der Waals surface area contributed by atoms with Crippen molar-refractivity contribution >= 4 is 33.4 Å². The van der Waals surface area contributed by atoms with Crippen molar-refractivity contribution in [2.45, 2.75) is 6.92 Å². The smallest absolute Gasteiger partial charge is 0.278 e. The zero-order chi connectivity index (χ0) is 8.43. The van der Waals surface area contributed by atoms with Crippen molar-refractivity contribution in [3.63, 3.8) is 0 Å². The summed E-state index contributed by atoms with van der Waals surface area (Å²) < 4.78 is 4.68. The minimum absolute atomic E-state index is 0.317. The maximum absolute atomic E-state index is 11.0. The number of hydrazine groups is 1. The number of nitrogen functional groups attached to an aromatic ring is 1. The molecule has 60 valence electrons. The highest BCUT2D eigenvalue weighted by molar-refractivity contribution is 9.10. The Bertz CT molecular complexity index is 285. The first-order valence-electron chi connectivity index (χ1n) is 2.79. The summed E-state index contributed by atoms with van der Waals surface area (Å²) in [5.74, 6) is 4.62. The minimum atomic E-state index is -0.317. The van der Waals surface area contributed by atoms with Gasteiger partial charge in [-0.1, -0.05) is 0 Å². The van der Waals surface area contributed by atoms with E-state index in [0.717, 1.165) is 17.2 Å². The monoisotopic (exact) mass is 235 g/mol. The summed E-state index contributed by atoms with van der Waals surface area (Å²) in [6.07, 6.45) is 0. The van der Waals surface area contributed by atoms with Crippen molar-refractivity contribution in [3.8, 4) is 0 Å². The molecule has 1 aromatic rings. The topological polar surface area (TPSA) is 68.0 Å². The van der Waals surface area contributed by atoms with Gasteiger partial charge < -0.3 is 0 Å². The van der Waals surface area contributed by atoms with Gasteiger partial charge >= 0.3 is 0 Å². The fourth-order valence-corrected chi connectivity index (χ4v) is 1.86. The Balaban J connectivity index is 3.04. The average Bonchev–Trinajstić information content (AvgIpc) is 2.32. The number of aromatic nitrogens is 1. The third-order valence-electron chi connectivity index (χ3n) is 1.13. The Morgan fingerprint density at radius 1 is 1.82 bits per heavy atom. The van der Waals surface area contributed by atoms with Gasteiger partial charge in [0.2, 0.25) is 0 Å². The summed E-state index contributed by atoms with van der Waals surface area (Å²) >= 11 is 4.34. The Morgan fingerprint density at radius 2 is 2.45 bits per heavy atom. The lowest BCUT2D eigenvalue weighted by atomic mass is 10.4. The van der Waals surface area contributed by atoms with Crippen LogP contribution in [0.1, 0.15) is 15.4 Å². The molecule has 0 fully saturated rings. The lowest BCUT2D eigenvalue weighted by molar-refractivity contribution is 0.0957. The van der Waals surface area contributed by atoms with Crippen LogP contribution in [-0.2, 0) is 0 Å². The van der Waals surface area contributed by atoms with Crippen molar-refractivity contribution in [3.05, 3.63) is 15.0 Å². The zero-order valence-corrected chi connectivity index (χ0v) is 8.12. The molecule has 11 heavy (non-hydrogen) atoms. The molecular weight excluding hydrogens is 230 g/mol. The van der Waals surface area contributed by atoms with E-state index in [4.69, 9.17) is 5.84 Å². The van der Waals surface area contributed by atoms with Crippen molar-refractivity contribution in [2.75, 3.05) is 0 Å². The molecule has 1 aromatic heterocycles. The maximum atomic E-state index is 11.0. The summed E-state index contributed by atoms with van der Waals surface area (Å²) in [5.41, 5.74) is 2.84. The average molecular weight is 236 g/mol. The number of carbonyl (C=O) groups is 1. The molecule has 1 heterocycles. The molecule has 0 unspecified atom stereocenters. The van der Waals surface area contributed by atoms with Gasteiger partial charge in [-0.2, -0.15) is 4.37 Å². The highest BCUT2D eigenvalue weighted by Gasteiger charge is 2.13. The standard InChI is InChI=1S/C5H6BrN3OS/c1-2-3(6)4(11-9-2)5(10)8-7/h7H2,1H3,(H,8,10). The van der Waals surface area contributed by atoms with Crippen LogP contribution < -0.4 is 11.3 Å². The van der Waals surface area contributed by atoms with E-state index in [1.165, 1.54) is 0 Å². The Hall–Kier alpha value is -0.460. The predicted molar refractivity (Wildman–Crippen MR) is 46.2 cm³/mol. The van der Waals surface area contributed by atoms with Gasteiger partial charge in [0.05, 0.1) is 10.2 Å². The molecule has 0 saturated carbocycles. The number of nitrogens with one attached hydrogen (secondary N) is 1. The van der Waals surface area contributed by atoms with Crippen LogP contribution in [0.25, 0.3) is 0 Å². The fraction of sp³-hybridized carbons (Fsp3) is 0.200. The summed E-state index contributed by atoms with van der Waals surface area (Å²) in [4.78, 5) is 11.5. The van der Waals surface area contributed by atoms with Crippen LogP contribution >= 0.6 is 27.5 Å².